The molecule has 2 aliphatic rings. The average molecular weight is 560 g/mol. The van der Waals surface area contributed by atoms with Crippen molar-refractivity contribution in [2.24, 2.45) is 16.3 Å². The van der Waals surface area contributed by atoms with Crippen molar-refractivity contribution in [3.05, 3.63) is 81.2 Å². The van der Waals surface area contributed by atoms with E-state index < -0.39 is 21.9 Å². The van der Waals surface area contributed by atoms with Crippen LogP contribution >= 0.6 is 15.9 Å². The van der Waals surface area contributed by atoms with E-state index in [1.54, 1.807) is 17.0 Å². The number of nitrogens with zero attached hydrogens (tertiary/aromatic N) is 1. The van der Waals surface area contributed by atoms with Crippen molar-refractivity contribution in [1.82, 2.24) is 0 Å². The number of hydrogen-bond donors (Lipinski definition) is 2. The number of Topliss-reactive ketones (excluding diaryl/α,β-unsaturated/α-hetero) is 1. The van der Waals surface area contributed by atoms with Crippen LogP contribution in [0.5, 0.6) is 0 Å². The first-order valence-electron chi connectivity index (χ1n) is 10.9. The first-order valence-corrected chi connectivity index (χ1v) is 13.2. The highest BCUT2D eigenvalue weighted by Gasteiger charge is 2.46. The first kappa shape index (κ1) is 25.2. The van der Waals surface area contributed by atoms with Crippen LogP contribution in [0.3, 0.4) is 0 Å². The first-order chi connectivity index (χ1) is 16.3. The maximum Gasteiger partial charge on any atom is 0.338 e. The maximum absolute atomic E-state index is 13.6. The van der Waals surface area contributed by atoms with Gasteiger partial charge in [-0.25, -0.2) is 18.4 Å². The molecule has 184 valence electrons. The molecule has 35 heavy (non-hydrogen) atoms. The van der Waals surface area contributed by atoms with Crippen LogP contribution in [0.4, 0.5) is 5.69 Å². The summed E-state index contributed by atoms with van der Waals surface area (Å²) in [7, 11) is -2.63. The zero-order valence-electron chi connectivity index (χ0n) is 19.5. The smallest absolute Gasteiger partial charge is 0.338 e. The van der Waals surface area contributed by atoms with Crippen LogP contribution in [-0.4, -0.2) is 27.3 Å². The Morgan fingerprint density at radius 2 is 1.69 bits per heavy atom. The van der Waals surface area contributed by atoms with Crippen molar-refractivity contribution in [3.8, 4) is 0 Å². The Bertz CT molecular complexity index is 1380. The molecule has 8 nitrogen and oxygen atoms in total. The van der Waals surface area contributed by atoms with Gasteiger partial charge >= 0.3 is 5.97 Å². The van der Waals surface area contributed by atoms with Gasteiger partial charge in [0.25, 0.3) is 0 Å². The molecule has 1 aliphatic carbocycles. The number of nitrogens with two attached hydrogens (primary N) is 2. The lowest BCUT2D eigenvalue weighted by atomic mass is 9.68. The van der Waals surface area contributed by atoms with Crippen LogP contribution < -0.4 is 15.8 Å². The van der Waals surface area contributed by atoms with Crippen molar-refractivity contribution in [2.45, 2.75) is 37.5 Å². The topological polar surface area (TPSA) is 133 Å². The van der Waals surface area contributed by atoms with E-state index in [0.29, 0.717) is 29.8 Å². The number of benzene rings is 2. The number of primary sulfonamides is 1. The molecule has 0 amide bonds. The van der Waals surface area contributed by atoms with Crippen molar-refractivity contribution in [3.63, 3.8) is 0 Å². The van der Waals surface area contributed by atoms with E-state index in [0.717, 1.165) is 10.0 Å². The minimum Gasteiger partial charge on any atom is -0.466 e. The third-order valence-corrected chi connectivity index (χ3v) is 7.75. The van der Waals surface area contributed by atoms with E-state index in [4.69, 9.17) is 15.6 Å². The summed E-state index contributed by atoms with van der Waals surface area (Å²) in [6, 6.07) is 13.2. The molecule has 1 aliphatic heterocycles. The molecular weight excluding hydrogens is 534 g/mol. The summed E-state index contributed by atoms with van der Waals surface area (Å²) in [5.41, 5.74) is 8.86. The van der Waals surface area contributed by atoms with Crippen molar-refractivity contribution in [1.29, 1.82) is 0 Å². The van der Waals surface area contributed by atoms with E-state index in [-0.39, 0.29) is 27.5 Å². The standard InChI is InChI=1S/C25H26BrN3O5S/c1-25(2)12-18-21(19(30)13-25)20(14-4-6-15(26)7-5-14)22(24(31)34-3)23(27)29(18)16-8-10-17(11-9-16)35(28,32)33/h4-11,20H,12-13,27H2,1-3H3,(H2,28,32,33)/t20-/m0/s1. The predicted octanol–water partition coefficient (Wildman–Crippen LogP) is 3.69. The van der Waals surface area contributed by atoms with Gasteiger partial charge in [-0.2, -0.15) is 0 Å². The molecule has 0 spiro atoms. The second-order valence-electron chi connectivity index (χ2n) is 9.45. The molecule has 2 aromatic rings. The molecule has 2 aromatic carbocycles. The Kier molecular flexibility index (Phi) is 6.41. The van der Waals surface area contributed by atoms with Crippen LogP contribution in [0.1, 0.15) is 38.2 Å². The Balaban J connectivity index is 2.00. The van der Waals surface area contributed by atoms with Crippen molar-refractivity contribution < 1.29 is 22.7 Å². The molecule has 0 radical (unpaired) electrons. The molecule has 10 heteroatoms. The van der Waals surface area contributed by atoms with Gasteiger partial charge in [0.05, 0.1) is 23.5 Å². The fourth-order valence-electron chi connectivity index (χ4n) is 4.79. The van der Waals surface area contributed by atoms with Crippen LogP contribution in [0, 0.1) is 5.41 Å². The molecule has 0 fully saturated rings. The number of allylic oxidation sites excluding steroid dienone is 2. The van der Waals surface area contributed by atoms with Crippen LogP contribution in [0.2, 0.25) is 0 Å². The van der Waals surface area contributed by atoms with Gasteiger partial charge in [0.15, 0.2) is 5.78 Å². The minimum absolute atomic E-state index is 0.0593. The summed E-state index contributed by atoms with van der Waals surface area (Å²) in [5, 5.41) is 5.25. The molecule has 1 heterocycles. The number of methoxy groups -OCH3 is 1. The zero-order valence-corrected chi connectivity index (χ0v) is 21.9. The number of rotatable bonds is 4. The molecule has 0 unspecified atom stereocenters. The van der Waals surface area contributed by atoms with Gasteiger partial charge in [-0.05, 0) is 53.8 Å². The van der Waals surface area contributed by atoms with Gasteiger partial charge < -0.3 is 10.5 Å². The Hall–Kier alpha value is -2.95. The quantitative estimate of drug-likeness (QED) is 0.545. The largest absolute Gasteiger partial charge is 0.466 e. The van der Waals surface area contributed by atoms with Crippen molar-refractivity contribution in [2.75, 3.05) is 12.0 Å². The maximum atomic E-state index is 13.6. The summed E-state index contributed by atoms with van der Waals surface area (Å²) >= 11 is 3.43. The van der Waals surface area contributed by atoms with Gasteiger partial charge in [-0.1, -0.05) is 41.9 Å². The lowest BCUT2D eigenvalue weighted by Crippen LogP contribution is -2.43. The second-order valence-corrected chi connectivity index (χ2v) is 11.9. The number of esters is 1. The van der Waals surface area contributed by atoms with Crippen molar-refractivity contribution >= 4 is 43.4 Å². The Morgan fingerprint density at radius 1 is 1.09 bits per heavy atom. The van der Waals surface area contributed by atoms with Crippen LogP contribution in [0.25, 0.3) is 0 Å². The second kappa shape index (κ2) is 8.92. The third-order valence-electron chi connectivity index (χ3n) is 6.29. The monoisotopic (exact) mass is 559 g/mol. The molecule has 1 atom stereocenters. The molecule has 0 saturated heterocycles. The van der Waals surface area contributed by atoms with E-state index in [1.165, 1.54) is 19.2 Å². The van der Waals surface area contributed by atoms with E-state index in [1.807, 2.05) is 38.1 Å². The summed E-state index contributed by atoms with van der Waals surface area (Å²) in [6.07, 6.45) is 0.832. The number of sulfonamides is 1. The molecule has 0 aromatic heterocycles. The molecule has 0 saturated carbocycles. The minimum atomic E-state index is -3.90. The van der Waals surface area contributed by atoms with E-state index in [9.17, 15) is 18.0 Å². The number of anilines is 1. The summed E-state index contributed by atoms with van der Waals surface area (Å²) in [5.74, 6) is -1.30. The van der Waals surface area contributed by atoms with Gasteiger partial charge in [-0.15, -0.1) is 0 Å². The third kappa shape index (κ3) is 4.65. The van der Waals surface area contributed by atoms with Crippen LogP contribution in [-0.2, 0) is 24.3 Å². The highest BCUT2D eigenvalue weighted by molar-refractivity contribution is 9.10. The molecular formula is C25H26BrN3O5S. The number of halogens is 1. The highest BCUT2D eigenvalue weighted by atomic mass is 79.9. The SMILES string of the molecule is COC(=O)C1=C(N)N(c2ccc(S(N)(=O)=O)cc2)C2=C(C(=O)CC(C)(C)C2)[C@@H]1c1ccc(Br)cc1. The number of ether oxygens (including phenoxy) is 1. The summed E-state index contributed by atoms with van der Waals surface area (Å²) in [4.78, 5) is 28.3. The van der Waals surface area contributed by atoms with E-state index in [2.05, 4.69) is 15.9 Å². The number of carbonyl (C=O) groups excluding carboxylic acids is 2. The van der Waals surface area contributed by atoms with Gasteiger partial charge in [0.1, 0.15) is 5.82 Å². The Labute approximate surface area is 212 Å². The summed E-state index contributed by atoms with van der Waals surface area (Å²) in [6.45, 7) is 4.00. The number of hydrogen-bond acceptors (Lipinski definition) is 7. The van der Waals surface area contributed by atoms with Gasteiger partial charge in [0, 0.05) is 27.9 Å². The zero-order chi connectivity index (χ0) is 25.7. The number of ketones is 1. The lowest BCUT2D eigenvalue weighted by Gasteiger charge is -2.44. The fourth-order valence-corrected chi connectivity index (χ4v) is 5.57. The van der Waals surface area contributed by atoms with Gasteiger partial charge in [0.2, 0.25) is 10.0 Å². The highest BCUT2D eigenvalue weighted by Crippen LogP contribution is 2.50. The van der Waals surface area contributed by atoms with Gasteiger partial charge in [-0.3, -0.25) is 9.69 Å². The summed E-state index contributed by atoms with van der Waals surface area (Å²) < 4.78 is 29.5. The fraction of sp³-hybridized carbons (Fsp3) is 0.280. The van der Waals surface area contributed by atoms with E-state index >= 15 is 0 Å². The van der Waals surface area contributed by atoms with Crippen LogP contribution in [0.15, 0.2) is 80.6 Å². The normalized spacial score (nSPS) is 20.1. The lowest BCUT2D eigenvalue weighted by molar-refractivity contribution is -0.136. The predicted molar refractivity (Wildman–Crippen MR) is 135 cm³/mol. The average Bonchev–Trinajstić information content (AvgIpc) is 2.77. The molecule has 4 rings (SSSR count). The number of carbonyl (C=O) groups is 2. The molecule has 0 bridgehead atoms. The Morgan fingerprint density at radius 3 is 2.23 bits per heavy atom. The molecule has 4 N–H and O–H groups in total.